The van der Waals surface area contributed by atoms with Gasteiger partial charge in [0.25, 0.3) is 0 Å². The lowest BCUT2D eigenvalue weighted by atomic mass is 10.2. The molecule has 0 saturated heterocycles. The van der Waals surface area contributed by atoms with Crippen LogP contribution < -0.4 is 5.73 Å². The van der Waals surface area contributed by atoms with Crippen LogP contribution >= 0.6 is 0 Å². The lowest BCUT2D eigenvalue weighted by Crippen LogP contribution is -2.41. The van der Waals surface area contributed by atoms with Crippen LogP contribution in [0.3, 0.4) is 0 Å². The number of anilines is 1. The van der Waals surface area contributed by atoms with Crippen LogP contribution in [0.4, 0.5) is 5.69 Å². The molecule has 0 aliphatic heterocycles. The lowest BCUT2D eigenvalue weighted by Gasteiger charge is -2.25. The van der Waals surface area contributed by atoms with Crippen LogP contribution in [0.1, 0.15) is 19.4 Å². The lowest BCUT2D eigenvalue weighted by molar-refractivity contribution is -0.141. The Morgan fingerprint density at radius 1 is 1.35 bits per heavy atom. The molecule has 0 aromatic heterocycles. The molecule has 1 aromatic carbocycles. The Kier molecular flexibility index (Phi) is 5.13. The molecule has 1 aromatic rings. The zero-order valence-corrected chi connectivity index (χ0v) is 12.9. The van der Waals surface area contributed by atoms with Gasteiger partial charge in [-0.15, -0.1) is 0 Å². The molecule has 0 unspecified atom stereocenters. The Morgan fingerprint density at radius 2 is 1.95 bits per heavy atom. The second-order valence-electron chi connectivity index (χ2n) is 4.80. The molecule has 112 valence electrons. The summed E-state index contributed by atoms with van der Waals surface area (Å²) in [5.74, 6) is -0.608. The minimum absolute atomic E-state index is 0.0765. The number of hydrogen-bond acceptors (Lipinski definition) is 5. The van der Waals surface area contributed by atoms with Crippen LogP contribution in [-0.4, -0.2) is 38.4 Å². The monoisotopic (exact) mass is 300 g/mol. The number of methoxy groups -OCH3 is 1. The average Bonchev–Trinajstić information content (AvgIpc) is 2.33. The van der Waals surface area contributed by atoms with Crippen molar-refractivity contribution in [3.63, 3.8) is 0 Å². The predicted molar refractivity (Wildman–Crippen MR) is 76.6 cm³/mol. The van der Waals surface area contributed by atoms with Crippen LogP contribution in [0.5, 0.6) is 0 Å². The van der Waals surface area contributed by atoms with E-state index in [9.17, 15) is 13.2 Å². The third kappa shape index (κ3) is 3.71. The normalized spacial score (nSPS) is 11.9. The van der Waals surface area contributed by atoms with Gasteiger partial charge < -0.3 is 10.5 Å². The maximum absolute atomic E-state index is 12.6. The largest absolute Gasteiger partial charge is 0.468 e. The van der Waals surface area contributed by atoms with Gasteiger partial charge in [-0.2, -0.15) is 4.31 Å². The van der Waals surface area contributed by atoms with E-state index in [1.165, 1.54) is 19.2 Å². The summed E-state index contributed by atoms with van der Waals surface area (Å²) >= 11 is 0. The molecule has 0 saturated carbocycles. The number of benzene rings is 1. The van der Waals surface area contributed by atoms with E-state index >= 15 is 0 Å². The van der Waals surface area contributed by atoms with E-state index in [1.54, 1.807) is 26.8 Å². The summed E-state index contributed by atoms with van der Waals surface area (Å²) in [6.45, 7) is 4.82. The highest BCUT2D eigenvalue weighted by molar-refractivity contribution is 7.89. The van der Waals surface area contributed by atoms with Gasteiger partial charge in [0.1, 0.15) is 6.54 Å². The smallest absolute Gasteiger partial charge is 0.321 e. The molecule has 6 nitrogen and oxygen atoms in total. The fourth-order valence-corrected chi connectivity index (χ4v) is 3.52. The molecule has 7 heteroatoms. The van der Waals surface area contributed by atoms with Crippen LogP contribution in [-0.2, 0) is 19.6 Å². The van der Waals surface area contributed by atoms with Crippen molar-refractivity contribution >= 4 is 21.7 Å². The zero-order chi connectivity index (χ0) is 15.5. The molecule has 1 rings (SSSR count). The number of carbonyl (C=O) groups excluding carboxylic acids is 1. The number of esters is 1. The molecule has 2 N–H and O–H groups in total. The van der Waals surface area contributed by atoms with Crippen molar-refractivity contribution in [1.29, 1.82) is 0 Å². The van der Waals surface area contributed by atoms with Crippen molar-refractivity contribution in [1.82, 2.24) is 4.31 Å². The van der Waals surface area contributed by atoms with Crippen LogP contribution in [0.25, 0.3) is 0 Å². The summed E-state index contributed by atoms with van der Waals surface area (Å²) in [4.78, 5) is 11.5. The third-order valence-electron chi connectivity index (χ3n) is 2.77. The van der Waals surface area contributed by atoms with E-state index in [2.05, 4.69) is 4.74 Å². The maximum Gasteiger partial charge on any atom is 0.321 e. The molecule has 0 bridgehead atoms. The van der Waals surface area contributed by atoms with E-state index in [0.29, 0.717) is 5.69 Å². The van der Waals surface area contributed by atoms with Crippen molar-refractivity contribution in [3.8, 4) is 0 Å². The average molecular weight is 300 g/mol. The van der Waals surface area contributed by atoms with E-state index < -0.39 is 16.0 Å². The maximum atomic E-state index is 12.6. The number of sulfonamides is 1. The third-order valence-corrected chi connectivity index (χ3v) is 4.77. The molecule has 0 spiro atoms. The molecule has 0 aliphatic carbocycles. The Bertz CT molecular complexity index is 576. The number of aryl methyl sites for hydroxylation is 1. The quantitative estimate of drug-likeness (QED) is 0.651. The molecule has 20 heavy (non-hydrogen) atoms. The first-order chi connectivity index (χ1) is 9.18. The summed E-state index contributed by atoms with van der Waals surface area (Å²) < 4.78 is 30.8. The first-order valence-corrected chi connectivity index (χ1v) is 7.58. The van der Waals surface area contributed by atoms with Crippen molar-refractivity contribution in [2.24, 2.45) is 0 Å². The second kappa shape index (κ2) is 6.23. The summed E-state index contributed by atoms with van der Waals surface area (Å²) in [7, 11) is -2.58. The van der Waals surface area contributed by atoms with E-state index in [0.717, 1.165) is 9.87 Å². The fraction of sp³-hybridized carbons (Fsp3) is 0.462. The highest BCUT2D eigenvalue weighted by Crippen LogP contribution is 2.22. The van der Waals surface area contributed by atoms with Crippen molar-refractivity contribution in [3.05, 3.63) is 23.8 Å². The first kappa shape index (κ1) is 16.5. The summed E-state index contributed by atoms with van der Waals surface area (Å²) in [5.41, 5.74) is 6.79. The van der Waals surface area contributed by atoms with Crippen molar-refractivity contribution in [2.75, 3.05) is 19.4 Å². The second-order valence-corrected chi connectivity index (χ2v) is 6.69. The Balaban J connectivity index is 3.26. The van der Waals surface area contributed by atoms with Gasteiger partial charge in [0, 0.05) is 11.7 Å². The van der Waals surface area contributed by atoms with Gasteiger partial charge in [-0.1, -0.05) is 0 Å². The fourth-order valence-electron chi connectivity index (χ4n) is 1.80. The number of nitrogens with zero attached hydrogens (tertiary/aromatic N) is 1. The van der Waals surface area contributed by atoms with Crippen molar-refractivity contribution < 1.29 is 17.9 Å². The van der Waals surface area contributed by atoms with Gasteiger partial charge in [-0.25, -0.2) is 8.42 Å². The van der Waals surface area contributed by atoms with E-state index in [4.69, 9.17) is 5.73 Å². The highest BCUT2D eigenvalue weighted by Gasteiger charge is 2.29. The summed E-state index contributed by atoms with van der Waals surface area (Å²) in [6.07, 6.45) is 0. The summed E-state index contributed by atoms with van der Waals surface area (Å²) in [5, 5.41) is 0. The number of nitrogen functional groups attached to an aromatic ring is 1. The van der Waals surface area contributed by atoms with Gasteiger partial charge in [0.2, 0.25) is 10.0 Å². The number of nitrogens with two attached hydrogens (primary N) is 1. The molecular formula is C13H20N2O4S. The Hall–Kier alpha value is -1.60. The van der Waals surface area contributed by atoms with Gasteiger partial charge >= 0.3 is 5.97 Å². The molecule has 0 fully saturated rings. The van der Waals surface area contributed by atoms with Crippen LogP contribution in [0, 0.1) is 6.92 Å². The molecule has 0 amide bonds. The molecule has 0 radical (unpaired) electrons. The first-order valence-electron chi connectivity index (χ1n) is 6.14. The minimum atomic E-state index is -3.80. The molecule has 0 aliphatic rings. The van der Waals surface area contributed by atoms with Gasteiger partial charge in [0.15, 0.2) is 0 Å². The SMILES string of the molecule is COC(=O)CN(C(C)C)S(=O)(=O)c1cc(C)cc(N)c1. The summed E-state index contributed by atoms with van der Waals surface area (Å²) in [6, 6.07) is 4.22. The standard InChI is InChI=1S/C13H20N2O4S/c1-9(2)15(8-13(16)19-4)20(17,18)12-6-10(3)5-11(14)7-12/h5-7,9H,8,14H2,1-4H3. The van der Waals surface area contributed by atoms with Gasteiger partial charge in [-0.3, -0.25) is 4.79 Å². The molecular weight excluding hydrogens is 280 g/mol. The zero-order valence-electron chi connectivity index (χ0n) is 12.1. The Labute approximate surface area is 119 Å². The molecule has 0 heterocycles. The topological polar surface area (TPSA) is 89.7 Å². The van der Waals surface area contributed by atoms with Gasteiger partial charge in [0.05, 0.1) is 12.0 Å². The number of rotatable bonds is 5. The number of ether oxygens (including phenoxy) is 1. The highest BCUT2D eigenvalue weighted by atomic mass is 32.2. The van der Waals surface area contributed by atoms with E-state index in [1.807, 2.05) is 0 Å². The Morgan fingerprint density at radius 3 is 2.40 bits per heavy atom. The molecule has 0 atom stereocenters. The van der Waals surface area contributed by atoms with Crippen molar-refractivity contribution in [2.45, 2.75) is 31.7 Å². The minimum Gasteiger partial charge on any atom is -0.468 e. The van der Waals surface area contributed by atoms with Gasteiger partial charge in [-0.05, 0) is 44.5 Å². The number of hydrogen-bond donors (Lipinski definition) is 1. The van der Waals surface area contributed by atoms with Crippen LogP contribution in [0.2, 0.25) is 0 Å². The van der Waals surface area contributed by atoms with Crippen LogP contribution in [0.15, 0.2) is 23.1 Å². The predicted octanol–water partition coefficient (Wildman–Crippen LogP) is 1.15. The number of carbonyl (C=O) groups is 1. The van der Waals surface area contributed by atoms with E-state index in [-0.39, 0.29) is 17.5 Å².